The molecule has 4 aliphatic rings. The fraction of sp³-hybridized carbons (Fsp3) is 0.565. The standard InChI is InChI=1S/C23H24O10/c1-10(9-24)12-5-14-13(20(26)28-4)7-15(30-14)18-22(3,32-18)8-16-19-23(33-19,21(27)31-16)17(6-12)29-11(2)25/h7,9,12,16-19H,1,5-6,8H2,2-4H3/t12-,16-,17+,18+,19-,22+,23-/m1/s1. The van der Waals surface area contributed by atoms with Crippen LogP contribution in [-0.4, -0.2) is 60.8 Å². The maximum atomic E-state index is 12.9. The van der Waals surface area contributed by atoms with Gasteiger partial charge in [-0.2, -0.15) is 0 Å². The minimum absolute atomic E-state index is 0.0450. The van der Waals surface area contributed by atoms with Crippen LogP contribution in [-0.2, 0) is 44.5 Å². The second kappa shape index (κ2) is 7.26. The Morgan fingerprint density at radius 2 is 2.06 bits per heavy atom. The first-order valence-electron chi connectivity index (χ1n) is 10.7. The summed E-state index contributed by atoms with van der Waals surface area (Å²) in [7, 11) is 1.26. The minimum Gasteiger partial charge on any atom is -0.465 e. The summed E-state index contributed by atoms with van der Waals surface area (Å²) in [6, 6.07) is 1.58. The molecule has 0 aromatic carbocycles. The van der Waals surface area contributed by atoms with Gasteiger partial charge in [-0.3, -0.25) is 9.59 Å². The van der Waals surface area contributed by atoms with E-state index in [1.165, 1.54) is 14.0 Å². The fourth-order valence-corrected chi connectivity index (χ4v) is 5.14. The number of fused-ring (bicyclic) bond motifs is 4. The Labute approximate surface area is 189 Å². The number of epoxide rings is 2. The van der Waals surface area contributed by atoms with Crippen molar-refractivity contribution < 1.29 is 47.3 Å². The summed E-state index contributed by atoms with van der Waals surface area (Å²) >= 11 is 0. The molecule has 0 aliphatic carbocycles. The van der Waals surface area contributed by atoms with Crippen molar-refractivity contribution in [1.29, 1.82) is 0 Å². The van der Waals surface area contributed by atoms with Gasteiger partial charge in [-0.25, -0.2) is 9.59 Å². The molecule has 0 spiro atoms. The van der Waals surface area contributed by atoms with Crippen molar-refractivity contribution in [3.05, 3.63) is 35.3 Å². The van der Waals surface area contributed by atoms with Gasteiger partial charge in [0.2, 0.25) is 5.60 Å². The zero-order valence-corrected chi connectivity index (χ0v) is 18.5. The summed E-state index contributed by atoms with van der Waals surface area (Å²) in [5.74, 6) is -1.69. The molecule has 0 radical (unpaired) electrons. The molecule has 0 N–H and O–H groups in total. The third kappa shape index (κ3) is 3.31. The minimum atomic E-state index is -1.44. The zero-order chi connectivity index (χ0) is 23.7. The summed E-state index contributed by atoms with van der Waals surface area (Å²) in [4.78, 5) is 48.9. The first-order chi connectivity index (χ1) is 15.6. The second-order valence-corrected chi connectivity index (χ2v) is 9.19. The van der Waals surface area contributed by atoms with E-state index in [0.29, 0.717) is 24.2 Å². The topological polar surface area (TPSA) is 134 Å². The zero-order valence-electron chi connectivity index (χ0n) is 18.5. The lowest BCUT2D eigenvalue weighted by atomic mass is 9.83. The Kier molecular flexibility index (Phi) is 4.81. The number of carbonyl (C=O) groups is 4. The van der Waals surface area contributed by atoms with E-state index in [1.54, 1.807) is 6.07 Å². The molecular weight excluding hydrogens is 436 g/mol. The van der Waals surface area contributed by atoms with Crippen LogP contribution in [0.25, 0.3) is 0 Å². The van der Waals surface area contributed by atoms with Crippen LogP contribution in [0, 0.1) is 5.92 Å². The average Bonchev–Trinajstić information content (AvgIpc) is 3.59. The predicted octanol–water partition coefficient (Wildman–Crippen LogP) is 1.60. The van der Waals surface area contributed by atoms with Gasteiger partial charge in [0, 0.05) is 19.8 Å². The van der Waals surface area contributed by atoms with Gasteiger partial charge in [-0.15, -0.1) is 0 Å². The second-order valence-electron chi connectivity index (χ2n) is 9.19. The molecule has 7 atom stereocenters. The first-order valence-corrected chi connectivity index (χ1v) is 10.7. The van der Waals surface area contributed by atoms with Gasteiger partial charge < -0.3 is 28.1 Å². The predicted molar refractivity (Wildman–Crippen MR) is 107 cm³/mol. The highest BCUT2D eigenvalue weighted by Gasteiger charge is 2.79. The van der Waals surface area contributed by atoms with E-state index in [-0.39, 0.29) is 24.0 Å². The SMILES string of the molecule is C=C(C=O)[C@@H]1Cc2oc(cc2C(=O)OC)[C@@H]2O[C@@]2(C)C[C@H]2OC(=O)[C@@]3(O[C@H]23)[C@@H](OC(C)=O)C1. The third-order valence-electron chi connectivity index (χ3n) is 6.98. The number of esters is 3. The number of hydrogen-bond donors (Lipinski definition) is 0. The first kappa shape index (κ1) is 21.8. The summed E-state index contributed by atoms with van der Waals surface area (Å²) < 4.78 is 33.8. The fourth-order valence-electron chi connectivity index (χ4n) is 5.14. The van der Waals surface area contributed by atoms with Crippen molar-refractivity contribution >= 4 is 24.2 Å². The highest BCUT2D eigenvalue weighted by molar-refractivity contribution is 5.91. The van der Waals surface area contributed by atoms with Gasteiger partial charge in [0.05, 0.1) is 7.11 Å². The van der Waals surface area contributed by atoms with Crippen molar-refractivity contribution in [1.82, 2.24) is 0 Å². The molecule has 0 unspecified atom stereocenters. The molecule has 1 aromatic heterocycles. The molecular formula is C23H24O10. The Balaban J connectivity index is 1.59. The largest absolute Gasteiger partial charge is 0.465 e. The number of methoxy groups -OCH3 is 1. The molecule has 3 saturated heterocycles. The highest BCUT2D eigenvalue weighted by Crippen LogP contribution is 2.59. The van der Waals surface area contributed by atoms with E-state index in [4.69, 9.17) is 28.1 Å². The Bertz CT molecular complexity index is 1070. The highest BCUT2D eigenvalue weighted by atomic mass is 16.7. The molecule has 1 aromatic rings. The van der Waals surface area contributed by atoms with E-state index >= 15 is 0 Å². The van der Waals surface area contributed by atoms with Crippen LogP contribution in [0.2, 0.25) is 0 Å². The van der Waals surface area contributed by atoms with E-state index in [2.05, 4.69) is 6.58 Å². The third-order valence-corrected chi connectivity index (χ3v) is 6.98. The van der Waals surface area contributed by atoms with Crippen LogP contribution < -0.4 is 0 Å². The Hall–Kier alpha value is -2.98. The van der Waals surface area contributed by atoms with Crippen molar-refractivity contribution in [3.63, 3.8) is 0 Å². The number of allylic oxidation sites excluding steroid dienone is 1. The normalized spacial score (nSPS) is 38.3. The number of hydrogen-bond acceptors (Lipinski definition) is 10. The molecule has 33 heavy (non-hydrogen) atoms. The van der Waals surface area contributed by atoms with Gasteiger partial charge in [-0.1, -0.05) is 6.58 Å². The van der Waals surface area contributed by atoms with Crippen molar-refractivity contribution in [3.8, 4) is 0 Å². The van der Waals surface area contributed by atoms with E-state index in [1.807, 2.05) is 6.92 Å². The van der Waals surface area contributed by atoms with Crippen molar-refractivity contribution in [2.24, 2.45) is 5.92 Å². The van der Waals surface area contributed by atoms with Gasteiger partial charge in [0.15, 0.2) is 0 Å². The number of rotatable bonds is 4. The molecule has 3 fully saturated rings. The molecule has 5 rings (SSSR count). The van der Waals surface area contributed by atoms with E-state index in [9.17, 15) is 19.2 Å². The number of furan rings is 1. The van der Waals surface area contributed by atoms with Gasteiger partial charge in [-0.05, 0) is 30.9 Å². The molecule has 0 amide bonds. The number of carbonyl (C=O) groups excluding carboxylic acids is 4. The van der Waals surface area contributed by atoms with Gasteiger partial charge in [0.1, 0.15) is 53.4 Å². The van der Waals surface area contributed by atoms with Crippen LogP contribution >= 0.6 is 0 Å². The molecule has 5 heterocycles. The quantitative estimate of drug-likeness (QED) is 0.214. The lowest BCUT2D eigenvalue weighted by Crippen LogP contribution is -2.42. The van der Waals surface area contributed by atoms with Crippen molar-refractivity contribution in [2.75, 3.05) is 7.11 Å². The van der Waals surface area contributed by atoms with Crippen LogP contribution in [0.1, 0.15) is 54.7 Å². The summed E-state index contributed by atoms with van der Waals surface area (Å²) in [6.07, 6.45) is -1.62. The smallest absolute Gasteiger partial charge is 0.345 e. The summed E-state index contributed by atoms with van der Waals surface area (Å²) in [5, 5.41) is 0. The monoisotopic (exact) mass is 460 g/mol. The molecule has 4 aliphatic heterocycles. The number of ether oxygens (including phenoxy) is 5. The lowest BCUT2D eigenvalue weighted by molar-refractivity contribution is -0.165. The Morgan fingerprint density at radius 3 is 2.70 bits per heavy atom. The van der Waals surface area contributed by atoms with Gasteiger partial charge >= 0.3 is 17.9 Å². The van der Waals surface area contributed by atoms with Crippen LogP contribution in [0.3, 0.4) is 0 Å². The maximum absolute atomic E-state index is 12.9. The molecule has 10 heteroatoms. The number of aldehydes is 1. The van der Waals surface area contributed by atoms with E-state index < -0.39 is 59.4 Å². The lowest BCUT2D eigenvalue weighted by Gasteiger charge is -2.25. The summed E-state index contributed by atoms with van der Waals surface area (Å²) in [6.45, 7) is 6.90. The molecule has 10 nitrogen and oxygen atoms in total. The summed E-state index contributed by atoms with van der Waals surface area (Å²) in [5.41, 5.74) is -1.73. The van der Waals surface area contributed by atoms with Crippen LogP contribution in [0.15, 0.2) is 22.6 Å². The molecule has 176 valence electrons. The van der Waals surface area contributed by atoms with Crippen molar-refractivity contribution in [2.45, 2.75) is 68.7 Å². The Morgan fingerprint density at radius 1 is 1.30 bits per heavy atom. The van der Waals surface area contributed by atoms with Crippen LogP contribution in [0.4, 0.5) is 0 Å². The van der Waals surface area contributed by atoms with Gasteiger partial charge in [0.25, 0.3) is 0 Å². The molecule has 0 saturated carbocycles. The van der Waals surface area contributed by atoms with Crippen LogP contribution in [0.5, 0.6) is 0 Å². The van der Waals surface area contributed by atoms with E-state index in [0.717, 1.165) is 0 Å². The molecule has 4 bridgehead atoms. The average molecular weight is 460 g/mol. The maximum Gasteiger partial charge on any atom is 0.345 e.